The molecule has 15 nitrogen and oxygen atoms in total. The number of halogens is 3. The van der Waals surface area contributed by atoms with Crippen LogP contribution >= 0.6 is 0 Å². The quantitative estimate of drug-likeness (QED) is 0.166. The van der Waals surface area contributed by atoms with E-state index in [-0.39, 0.29) is 36.2 Å². The molecule has 5 aromatic rings. The highest BCUT2D eigenvalue weighted by molar-refractivity contribution is 6.04. The third kappa shape index (κ3) is 8.01. The highest BCUT2D eigenvalue weighted by atomic mass is 19.4. The Bertz CT molecular complexity index is 2520. The molecule has 8 rings (SSSR count). The van der Waals surface area contributed by atoms with Gasteiger partial charge in [-0.3, -0.25) is 38.5 Å². The van der Waals surface area contributed by atoms with Gasteiger partial charge in [0.15, 0.2) is 5.69 Å². The molecule has 1 aliphatic carbocycles. The number of hydrogen-bond donors (Lipinski definition) is 3. The van der Waals surface area contributed by atoms with E-state index < -0.39 is 41.0 Å². The van der Waals surface area contributed by atoms with Crippen molar-refractivity contribution in [3.63, 3.8) is 0 Å². The largest absolute Gasteiger partial charge is 0.434 e. The van der Waals surface area contributed by atoms with Gasteiger partial charge in [0.2, 0.25) is 11.8 Å². The average Bonchev–Trinajstić information content (AvgIpc) is 3.74. The first kappa shape index (κ1) is 41.1. The van der Waals surface area contributed by atoms with Gasteiger partial charge < -0.3 is 20.2 Å². The van der Waals surface area contributed by atoms with Crippen LogP contribution < -0.4 is 21.2 Å². The normalized spacial score (nSPS) is 20.9. The van der Waals surface area contributed by atoms with Crippen molar-refractivity contribution < 1.29 is 32.7 Å². The number of carbonyl (C=O) groups is 3. The zero-order chi connectivity index (χ0) is 42.7. The Morgan fingerprint density at radius 3 is 2.43 bits per heavy atom. The van der Waals surface area contributed by atoms with E-state index in [9.17, 15) is 37.5 Å². The van der Waals surface area contributed by atoms with Crippen molar-refractivity contribution in [2.24, 2.45) is 13.0 Å². The summed E-state index contributed by atoms with van der Waals surface area (Å²) in [5.74, 6) is -1.13. The molecule has 2 aliphatic heterocycles. The van der Waals surface area contributed by atoms with E-state index in [2.05, 4.69) is 37.4 Å². The first-order chi connectivity index (χ1) is 28.5. The van der Waals surface area contributed by atoms with Crippen LogP contribution in [0.2, 0.25) is 0 Å². The fourth-order valence-electron chi connectivity index (χ4n) is 9.28. The molecule has 2 saturated heterocycles. The Balaban J connectivity index is 0.885. The summed E-state index contributed by atoms with van der Waals surface area (Å²) in [6.07, 6.45) is 5.00. The third-order valence-corrected chi connectivity index (χ3v) is 12.5. The summed E-state index contributed by atoms with van der Waals surface area (Å²) in [5, 5.41) is 21.6. The minimum absolute atomic E-state index is 0.162. The van der Waals surface area contributed by atoms with Crippen LogP contribution in [-0.4, -0.2) is 89.3 Å². The number of imide groups is 1. The number of aromatic nitrogens is 6. The SMILES string of the molecule is CN(C[C@H]1CC[C@H](n2cc3cc(NC(=O)c4cncc(C(F)(F)F)n4)c(C(C)(C)O)cc3n2)CC1)C1CCN(c2cccc3c2n(C)c(=O)n3C2CCC(=O)NC2=O)CC1. The van der Waals surface area contributed by atoms with Gasteiger partial charge in [-0.2, -0.15) is 18.3 Å². The number of para-hydroxylation sites is 1. The summed E-state index contributed by atoms with van der Waals surface area (Å²) in [6.45, 7) is 5.74. The number of anilines is 2. The minimum Gasteiger partial charge on any atom is -0.386 e. The molecule has 1 atom stereocenters. The molecule has 0 spiro atoms. The van der Waals surface area contributed by atoms with Gasteiger partial charge in [-0.25, -0.2) is 9.78 Å². The number of imidazole rings is 1. The van der Waals surface area contributed by atoms with E-state index in [4.69, 9.17) is 5.10 Å². The fourth-order valence-corrected chi connectivity index (χ4v) is 9.28. The Kier molecular flexibility index (Phi) is 10.8. The number of nitrogens with one attached hydrogen (secondary N) is 2. The number of alkyl halides is 3. The topological polar surface area (TPSA) is 173 Å². The van der Waals surface area contributed by atoms with Gasteiger partial charge in [-0.05, 0) is 96.0 Å². The summed E-state index contributed by atoms with van der Waals surface area (Å²) in [4.78, 5) is 62.8. The van der Waals surface area contributed by atoms with Crippen LogP contribution in [0, 0.1) is 5.92 Å². The summed E-state index contributed by atoms with van der Waals surface area (Å²) in [6, 6.07) is 9.04. The van der Waals surface area contributed by atoms with Crippen LogP contribution in [0.25, 0.3) is 21.9 Å². The summed E-state index contributed by atoms with van der Waals surface area (Å²) >= 11 is 0. The van der Waals surface area contributed by atoms with E-state index in [1.165, 1.54) is 4.57 Å². The maximum Gasteiger partial charge on any atom is 0.434 e. The lowest BCUT2D eigenvalue weighted by Gasteiger charge is -2.40. The number of aliphatic hydroxyl groups is 1. The molecule has 18 heteroatoms. The summed E-state index contributed by atoms with van der Waals surface area (Å²) < 4.78 is 44.8. The molecule has 318 valence electrons. The number of hydrogen-bond acceptors (Lipinski definition) is 10. The molecule has 3 aliphatic rings. The monoisotopic (exact) mass is 830 g/mol. The second-order valence-corrected chi connectivity index (χ2v) is 17.0. The number of fused-ring (bicyclic) bond motifs is 2. The van der Waals surface area contributed by atoms with Crippen LogP contribution in [0.1, 0.15) is 99.0 Å². The molecule has 3 aromatic heterocycles. The van der Waals surface area contributed by atoms with Crippen LogP contribution in [0.5, 0.6) is 0 Å². The first-order valence-electron chi connectivity index (χ1n) is 20.4. The second-order valence-electron chi connectivity index (χ2n) is 17.0. The molecule has 1 saturated carbocycles. The van der Waals surface area contributed by atoms with Crippen molar-refractivity contribution in [3.05, 3.63) is 76.4 Å². The van der Waals surface area contributed by atoms with Gasteiger partial charge in [0.1, 0.15) is 11.7 Å². The maximum atomic E-state index is 13.5. The number of rotatable bonds is 9. The van der Waals surface area contributed by atoms with Gasteiger partial charge >= 0.3 is 11.9 Å². The van der Waals surface area contributed by atoms with E-state index in [0.29, 0.717) is 40.1 Å². The Morgan fingerprint density at radius 1 is 1.02 bits per heavy atom. The maximum absolute atomic E-state index is 13.5. The number of nitrogens with zero attached hydrogens (tertiary/aromatic N) is 8. The predicted molar refractivity (Wildman–Crippen MR) is 217 cm³/mol. The number of amides is 3. The van der Waals surface area contributed by atoms with Crippen molar-refractivity contribution in [3.8, 4) is 0 Å². The van der Waals surface area contributed by atoms with Crippen molar-refractivity contribution in [1.29, 1.82) is 0 Å². The number of carbonyl (C=O) groups excluding carboxylic acids is 3. The minimum atomic E-state index is -4.76. The van der Waals surface area contributed by atoms with Gasteiger partial charge in [-0.15, -0.1) is 0 Å². The second kappa shape index (κ2) is 15.8. The molecule has 2 aromatic carbocycles. The van der Waals surface area contributed by atoms with Gasteiger partial charge in [0.05, 0.1) is 46.3 Å². The van der Waals surface area contributed by atoms with Crippen molar-refractivity contribution in [1.82, 2.24) is 39.1 Å². The predicted octanol–water partition coefficient (Wildman–Crippen LogP) is 5.29. The molecule has 0 bridgehead atoms. The molecular formula is C42H49F3N10O5. The first-order valence-corrected chi connectivity index (χ1v) is 20.4. The van der Waals surface area contributed by atoms with Crippen LogP contribution in [0.4, 0.5) is 24.5 Å². The molecule has 3 N–H and O–H groups in total. The Morgan fingerprint density at radius 2 is 1.75 bits per heavy atom. The fraction of sp³-hybridized carbons (Fsp3) is 0.500. The Hall–Kier alpha value is -5.62. The smallest absolute Gasteiger partial charge is 0.386 e. The number of piperidine rings is 2. The third-order valence-electron chi connectivity index (χ3n) is 12.5. The lowest BCUT2D eigenvalue weighted by atomic mass is 9.85. The standard InChI is InChI=1S/C42H49F3N10O5/c1-41(2,60)28-19-29-25(18-30(28)48-38(57)31-20-46-21-35(47-31)42(43,44)45)23-54(50-29)27-10-8-24(9-11-27)22-51(3)26-14-16-53(17-15-26)32-6-5-7-33-37(32)52(4)40(59)55(33)34-12-13-36(56)49-39(34)58/h5-7,18-21,23-24,26-27,34,60H,8-17,22H2,1-4H3,(H,48,57)(H,49,56,58)/t24-,27-,34?. The highest BCUT2D eigenvalue weighted by Crippen LogP contribution is 2.37. The highest BCUT2D eigenvalue weighted by Gasteiger charge is 2.35. The molecular weight excluding hydrogens is 782 g/mol. The van der Waals surface area contributed by atoms with Crippen molar-refractivity contribution in [2.75, 3.05) is 36.9 Å². The summed E-state index contributed by atoms with van der Waals surface area (Å²) in [7, 11) is 3.94. The van der Waals surface area contributed by atoms with Gasteiger partial charge in [-0.1, -0.05) is 6.07 Å². The van der Waals surface area contributed by atoms with Gasteiger partial charge in [0.25, 0.3) is 5.91 Å². The van der Waals surface area contributed by atoms with E-state index >= 15 is 0 Å². The zero-order valence-electron chi connectivity index (χ0n) is 34.0. The van der Waals surface area contributed by atoms with E-state index in [1.54, 1.807) is 37.6 Å². The lowest BCUT2D eigenvalue weighted by molar-refractivity contribution is -0.141. The van der Waals surface area contributed by atoms with Crippen LogP contribution in [0.15, 0.2) is 53.7 Å². The van der Waals surface area contributed by atoms with E-state index in [1.807, 2.05) is 29.1 Å². The van der Waals surface area contributed by atoms with Crippen LogP contribution in [-0.2, 0) is 28.4 Å². The molecule has 0 radical (unpaired) electrons. The van der Waals surface area contributed by atoms with Crippen molar-refractivity contribution in [2.45, 2.75) is 95.1 Å². The zero-order valence-corrected chi connectivity index (χ0v) is 34.0. The number of aryl methyl sites for hydroxylation is 1. The van der Waals surface area contributed by atoms with E-state index in [0.717, 1.165) is 75.6 Å². The van der Waals surface area contributed by atoms with Crippen molar-refractivity contribution >= 4 is 51.0 Å². The van der Waals surface area contributed by atoms with Gasteiger partial charge in [0, 0.05) is 62.0 Å². The molecule has 5 heterocycles. The number of benzene rings is 2. The van der Waals surface area contributed by atoms with Crippen LogP contribution in [0.3, 0.4) is 0 Å². The Labute approximate surface area is 343 Å². The lowest BCUT2D eigenvalue weighted by Crippen LogP contribution is -2.45. The molecule has 1 unspecified atom stereocenters. The molecule has 3 fully saturated rings. The average molecular weight is 831 g/mol. The molecule has 60 heavy (non-hydrogen) atoms. The summed E-state index contributed by atoms with van der Waals surface area (Å²) in [5.41, 5.74) is 0.208. The molecule has 3 amide bonds.